The number of nitrogens with one attached hydrogen (secondary N) is 1. The summed E-state index contributed by atoms with van der Waals surface area (Å²) in [5.74, 6) is 1.49. The van der Waals surface area contributed by atoms with Gasteiger partial charge in [0.25, 0.3) is 0 Å². The van der Waals surface area contributed by atoms with Gasteiger partial charge < -0.3 is 10.1 Å². The number of carbonyl (C=O) groups excluding carboxylic acids is 1. The van der Waals surface area contributed by atoms with E-state index in [1.807, 2.05) is 18.2 Å². The van der Waals surface area contributed by atoms with Crippen molar-refractivity contribution >= 4 is 17.7 Å². The Kier molecular flexibility index (Phi) is 8.18. The van der Waals surface area contributed by atoms with Crippen molar-refractivity contribution in [3.8, 4) is 5.75 Å². The van der Waals surface area contributed by atoms with Crippen LogP contribution in [0.2, 0.25) is 0 Å². The average Bonchev–Trinajstić information content (AvgIpc) is 2.90. The van der Waals surface area contributed by atoms with Crippen LogP contribution in [0.25, 0.3) is 0 Å². The van der Waals surface area contributed by atoms with Crippen LogP contribution >= 0.6 is 11.8 Å². The zero-order chi connectivity index (χ0) is 19.6. The van der Waals surface area contributed by atoms with Gasteiger partial charge in [-0.15, -0.1) is 11.8 Å². The van der Waals surface area contributed by atoms with Crippen molar-refractivity contribution in [2.45, 2.75) is 43.7 Å². The number of hydrogen-bond acceptors (Lipinski definition) is 5. The maximum absolute atomic E-state index is 12.1. The molecule has 6 heteroatoms. The monoisotopic (exact) mass is 399 g/mol. The number of ether oxygens (including phenoxy) is 1. The summed E-state index contributed by atoms with van der Waals surface area (Å²) in [6.07, 6.45) is 7.11. The van der Waals surface area contributed by atoms with Gasteiger partial charge in [-0.05, 0) is 31.0 Å². The van der Waals surface area contributed by atoms with Gasteiger partial charge in [0.1, 0.15) is 11.9 Å². The minimum Gasteiger partial charge on any atom is -0.489 e. The molecule has 1 atom stereocenters. The van der Waals surface area contributed by atoms with E-state index in [0.717, 1.165) is 36.7 Å². The summed E-state index contributed by atoms with van der Waals surface area (Å²) >= 11 is 1.53. The fraction of sp³-hybridized carbons (Fsp3) is 0.455. The fourth-order valence-electron chi connectivity index (χ4n) is 3.30. The van der Waals surface area contributed by atoms with Crippen LogP contribution in [-0.2, 0) is 11.3 Å². The Hall–Kier alpha value is -2.05. The number of thioether (sulfide) groups is 1. The van der Waals surface area contributed by atoms with E-state index in [1.54, 1.807) is 12.4 Å². The van der Waals surface area contributed by atoms with Crippen LogP contribution in [0.4, 0.5) is 0 Å². The molecule has 0 unspecified atom stereocenters. The average molecular weight is 400 g/mol. The number of nitrogens with zero attached hydrogens (tertiary/aromatic N) is 2. The van der Waals surface area contributed by atoms with E-state index < -0.39 is 0 Å². The van der Waals surface area contributed by atoms with Crippen molar-refractivity contribution < 1.29 is 9.53 Å². The largest absolute Gasteiger partial charge is 0.489 e. The Morgan fingerprint density at radius 2 is 2.11 bits per heavy atom. The van der Waals surface area contributed by atoms with Gasteiger partial charge >= 0.3 is 0 Å². The summed E-state index contributed by atoms with van der Waals surface area (Å²) in [5, 5.41) is 3.04. The molecule has 150 valence electrons. The first-order chi connectivity index (χ1) is 13.7. The topological polar surface area (TPSA) is 54.5 Å². The second-order valence-electron chi connectivity index (χ2n) is 7.05. The van der Waals surface area contributed by atoms with E-state index in [-0.39, 0.29) is 12.0 Å². The Morgan fingerprint density at radius 1 is 1.29 bits per heavy atom. The van der Waals surface area contributed by atoms with Crippen molar-refractivity contribution in [2.24, 2.45) is 0 Å². The molecule has 2 heterocycles. The normalized spacial score (nSPS) is 16.7. The van der Waals surface area contributed by atoms with Crippen LogP contribution in [0.5, 0.6) is 5.75 Å². The molecule has 2 aromatic rings. The molecule has 3 rings (SSSR count). The van der Waals surface area contributed by atoms with E-state index in [2.05, 4.69) is 40.3 Å². The lowest BCUT2D eigenvalue weighted by atomic mass is 10.1. The van der Waals surface area contributed by atoms with E-state index in [0.29, 0.717) is 12.3 Å². The van der Waals surface area contributed by atoms with Gasteiger partial charge in [-0.25, -0.2) is 0 Å². The van der Waals surface area contributed by atoms with Crippen molar-refractivity contribution in [1.82, 2.24) is 15.2 Å². The molecule has 1 aliphatic heterocycles. The summed E-state index contributed by atoms with van der Waals surface area (Å²) in [7, 11) is 0. The van der Waals surface area contributed by atoms with Crippen molar-refractivity contribution in [1.29, 1.82) is 0 Å². The maximum Gasteiger partial charge on any atom is 0.230 e. The minimum absolute atomic E-state index is 0.0656. The molecule has 28 heavy (non-hydrogen) atoms. The summed E-state index contributed by atoms with van der Waals surface area (Å²) < 4.78 is 6.27. The first-order valence-corrected chi connectivity index (χ1v) is 11.0. The van der Waals surface area contributed by atoms with Crippen LogP contribution in [-0.4, -0.2) is 47.3 Å². The van der Waals surface area contributed by atoms with Gasteiger partial charge in [0.05, 0.1) is 5.75 Å². The third-order valence-corrected chi connectivity index (χ3v) is 5.78. The number of aromatic nitrogens is 1. The number of rotatable bonds is 9. The first kappa shape index (κ1) is 20.7. The molecule has 1 aliphatic rings. The third kappa shape index (κ3) is 6.53. The molecular formula is C22H29N3O2S. The van der Waals surface area contributed by atoms with Crippen LogP contribution in [0.3, 0.4) is 0 Å². The number of amides is 1. The molecule has 0 fully saturated rings. The Bertz CT molecular complexity index is 742. The molecule has 0 aliphatic carbocycles. The van der Waals surface area contributed by atoms with E-state index in [4.69, 9.17) is 4.74 Å². The minimum atomic E-state index is 0.0656. The number of pyridine rings is 1. The lowest BCUT2D eigenvalue weighted by Crippen LogP contribution is -2.39. The van der Waals surface area contributed by atoms with Crippen LogP contribution < -0.4 is 10.1 Å². The van der Waals surface area contributed by atoms with Gasteiger partial charge in [-0.3, -0.25) is 14.7 Å². The maximum atomic E-state index is 12.1. The summed E-state index contributed by atoms with van der Waals surface area (Å²) in [4.78, 5) is 19.6. The van der Waals surface area contributed by atoms with Crippen LogP contribution in [0.1, 0.15) is 31.7 Å². The lowest BCUT2D eigenvalue weighted by Gasteiger charge is -2.24. The predicted octanol–water partition coefficient (Wildman–Crippen LogP) is 3.74. The molecule has 1 aromatic carbocycles. The predicted molar refractivity (Wildman–Crippen MR) is 114 cm³/mol. The van der Waals surface area contributed by atoms with E-state index in [1.165, 1.54) is 30.2 Å². The molecule has 1 N–H and O–H groups in total. The number of carbonyl (C=O) groups is 1. The highest BCUT2D eigenvalue weighted by molar-refractivity contribution is 8.00. The molecule has 0 saturated carbocycles. The summed E-state index contributed by atoms with van der Waals surface area (Å²) in [6, 6.07) is 12.1. The number of benzene rings is 1. The molecule has 0 saturated heterocycles. The third-order valence-electron chi connectivity index (χ3n) is 4.77. The zero-order valence-electron chi connectivity index (χ0n) is 16.5. The molecule has 1 aromatic heterocycles. The highest BCUT2D eigenvalue weighted by Gasteiger charge is 2.22. The molecule has 5 nitrogen and oxygen atoms in total. The van der Waals surface area contributed by atoms with Crippen molar-refractivity contribution in [3.63, 3.8) is 0 Å². The van der Waals surface area contributed by atoms with Crippen molar-refractivity contribution in [2.75, 3.05) is 25.4 Å². The Balaban J connectivity index is 1.47. The lowest BCUT2D eigenvalue weighted by molar-refractivity contribution is -0.118. The number of para-hydroxylation sites is 1. The SMILES string of the molecule is CCCC[C@H]1CN(CCNC(=O)CSc2ccncc2)Cc2ccccc2O1. The van der Waals surface area contributed by atoms with Crippen LogP contribution in [0, 0.1) is 0 Å². The van der Waals surface area contributed by atoms with Gasteiger partial charge in [-0.2, -0.15) is 0 Å². The van der Waals surface area contributed by atoms with Crippen molar-refractivity contribution in [3.05, 3.63) is 54.4 Å². The highest BCUT2D eigenvalue weighted by atomic mass is 32.2. The Labute approximate surface area is 171 Å². The first-order valence-electron chi connectivity index (χ1n) is 10.0. The summed E-state index contributed by atoms with van der Waals surface area (Å²) in [5.41, 5.74) is 1.22. The second kappa shape index (κ2) is 11.1. The smallest absolute Gasteiger partial charge is 0.230 e. The molecular weight excluding hydrogens is 370 g/mol. The fourth-order valence-corrected chi connectivity index (χ4v) is 4.01. The standard InChI is InChI=1S/C22H29N3O2S/c1-2-3-7-19-16-25(15-18-6-4-5-8-21(18)27-19)14-13-24-22(26)17-28-20-9-11-23-12-10-20/h4-6,8-12,19H,2-3,7,13-17H2,1H3,(H,24,26)/t19-/m0/s1. The highest BCUT2D eigenvalue weighted by Crippen LogP contribution is 2.26. The van der Waals surface area contributed by atoms with Gasteiger partial charge in [0, 0.05) is 49.0 Å². The number of hydrogen-bond donors (Lipinski definition) is 1. The second-order valence-corrected chi connectivity index (χ2v) is 8.10. The molecule has 0 bridgehead atoms. The number of unbranched alkanes of at least 4 members (excludes halogenated alkanes) is 1. The van der Waals surface area contributed by atoms with Gasteiger partial charge in [-0.1, -0.05) is 31.5 Å². The van der Waals surface area contributed by atoms with E-state index >= 15 is 0 Å². The van der Waals surface area contributed by atoms with Gasteiger partial charge in [0.15, 0.2) is 0 Å². The van der Waals surface area contributed by atoms with Gasteiger partial charge in [0.2, 0.25) is 5.91 Å². The zero-order valence-corrected chi connectivity index (χ0v) is 17.3. The molecule has 0 radical (unpaired) electrons. The quantitative estimate of drug-likeness (QED) is 0.651. The van der Waals surface area contributed by atoms with E-state index in [9.17, 15) is 4.79 Å². The molecule has 0 spiro atoms. The Morgan fingerprint density at radius 3 is 2.93 bits per heavy atom. The van der Waals surface area contributed by atoms with Crippen LogP contribution in [0.15, 0.2) is 53.7 Å². The molecule has 1 amide bonds. The number of fused-ring (bicyclic) bond motifs is 1. The summed E-state index contributed by atoms with van der Waals surface area (Å²) in [6.45, 7) is 5.45.